The number of hydrogen-bond donors (Lipinski definition) is 0. The van der Waals surface area contributed by atoms with Gasteiger partial charge in [0, 0.05) is 31.2 Å². The molecule has 0 fully saturated rings. The second kappa shape index (κ2) is 6.88. The summed E-state index contributed by atoms with van der Waals surface area (Å²) in [6, 6.07) is 0. The molecule has 0 unspecified atom stereocenters. The fourth-order valence-corrected chi connectivity index (χ4v) is 1.67. The van der Waals surface area contributed by atoms with Crippen LogP contribution in [0.4, 0.5) is 0 Å². The van der Waals surface area contributed by atoms with E-state index in [0.29, 0.717) is 0 Å². The topological polar surface area (TPSA) is 17.8 Å². The molecule has 1 rings (SSSR count). The molecule has 3 heteroatoms. The predicted molar refractivity (Wildman–Crippen MR) is 60.8 cm³/mol. The maximum atomic E-state index is 5.64. The Kier molecular flexibility index (Phi) is 5.69. The van der Waals surface area contributed by atoms with E-state index in [1.54, 1.807) is 0 Å². The minimum atomic E-state index is 0.763. The molecular formula is C11H19ClN2. The van der Waals surface area contributed by atoms with Gasteiger partial charge < -0.3 is 4.57 Å². The highest BCUT2D eigenvalue weighted by atomic mass is 35.5. The van der Waals surface area contributed by atoms with Crippen LogP contribution in [0.25, 0.3) is 0 Å². The molecule has 0 aliphatic heterocycles. The third kappa shape index (κ3) is 3.70. The second-order valence-electron chi connectivity index (χ2n) is 3.54. The van der Waals surface area contributed by atoms with Gasteiger partial charge in [-0.15, -0.1) is 11.6 Å². The molecule has 2 nitrogen and oxygen atoms in total. The van der Waals surface area contributed by atoms with E-state index >= 15 is 0 Å². The zero-order valence-corrected chi connectivity index (χ0v) is 9.63. The summed E-state index contributed by atoms with van der Waals surface area (Å²) in [5.74, 6) is 1.99. The van der Waals surface area contributed by atoms with Crippen LogP contribution in [-0.4, -0.2) is 15.4 Å². The van der Waals surface area contributed by atoms with Crippen molar-refractivity contribution in [1.29, 1.82) is 0 Å². The van der Waals surface area contributed by atoms with Crippen LogP contribution in [0.2, 0.25) is 0 Å². The summed E-state index contributed by atoms with van der Waals surface area (Å²) in [6.45, 7) is 3.27. The number of unbranched alkanes of at least 4 members (excludes halogenated alkanes) is 2. The van der Waals surface area contributed by atoms with Crippen molar-refractivity contribution in [3.05, 3.63) is 18.2 Å². The molecule has 0 aliphatic rings. The summed E-state index contributed by atoms with van der Waals surface area (Å²) in [6.07, 6.45) is 9.77. The van der Waals surface area contributed by atoms with Gasteiger partial charge in [0.05, 0.1) is 0 Å². The maximum Gasteiger partial charge on any atom is 0.108 e. The summed E-state index contributed by atoms with van der Waals surface area (Å²) in [4.78, 5) is 4.36. The first-order chi connectivity index (χ1) is 6.88. The number of alkyl halides is 1. The lowest BCUT2D eigenvalue weighted by molar-refractivity contribution is 0.592. The molecule has 0 saturated carbocycles. The zero-order valence-electron chi connectivity index (χ0n) is 8.88. The summed E-state index contributed by atoms with van der Waals surface area (Å²) in [7, 11) is 0. The van der Waals surface area contributed by atoms with Gasteiger partial charge in [0.1, 0.15) is 5.82 Å². The maximum absolute atomic E-state index is 5.64. The van der Waals surface area contributed by atoms with Gasteiger partial charge in [-0.1, -0.05) is 13.3 Å². The number of halogens is 1. The van der Waals surface area contributed by atoms with Crippen molar-refractivity contribution in [2.75, 3.05) is 5.88 Å². The fraction of sp³-hybridized carbons (Fsp3) is 0.727. The van der Waals surface area contributed by atoms with E-state index in [1.165, 1.54) is 18.7 Å². The highest BCUT2D eigenvalue weighted by Crippen LogP contribution is 2.05. The molecule has 1 aromatic heterocycles. The average Bonchev–Trinajstić information content (AvgIpc) is 2.63. The zero-order chi connectivity index (χ0) is 10.2. The van der Waals surface area contributed by atoms with Gasteiger partial charge in [0.25, 0.3) is 0 Å². The monoisotopic (exact) mass is 214 g/mol. The smallest absolute Gasteiger partial charge is 0.108 e. The largest absolute Gasteiger partial charge is 0.335 e. The normalized spacial score (nSPS) is 10.7. The van der Waals surface area contributed by atoms with Crippen LogP contribution < -0.4 is 0 Å². The van der Waals surface area contributed by atoms with Gasteiger partial charge in [0.2, 0.25) is 0 Å². The molecule has 0 saturated heterocycles. The van der Waals surface area contributed by atoms with Crippen LogP contribution in [0.1, 0.15) is 38.4 Å². The van der Waals surface area contributed by atoms with Gasteiger partial charge in [-0.2, -0.15) is 0 Å². The Bertz CT molecular complexity index is 245. The molecule has 14 heavy (non-hydrogen) atoms. The lowest BCUT2D eigenvalue weighted by Gasteiger charge is -2.06. The van der Waals surface area contributed by atoms with Crippen LogP contribution in [0.15, 0.2) is 12.4 Å². The Balaban J connectivity index is 2.37. The number of rotatable bonds is 7. The molecule has 1 heterocycles. The van der Waals surface area contributed by atoms with E-state index in [1.807, 2.05) is 6.20 Å². The number of nitrogens with zero attached hydrogens (tertiary/aromatic N) is 2. The van der Waals surface area contributed by atoms with Crippen molar-refractivity contribution in [3.8, 4) is 0 Å². The first kappa shape index (κ1) is 11.6. The molecule has 0 N–H and O–H groups in total. The first-order valence-electron chi connectivity index (χ1n) is 5.44. The van der Waals surface area contributed by atoms with Crippen LogP contribution in [-0.2, 0) is 13.0 Å². The van der Waals surface area contributed by atoms with Crippen molar-refractivity contribution >= 4 is 11.6 Å². The summed E-state index contributed by atoms with van der Waals surface area (Å²) >= 11 is 5.64. The Morgan fingerprint density at radius 1 is 1.36 bits per heavy atom. The van der Waals surface area contributed by atoms with E-state index < -0.39 is 0 Å². The Labute approximate surface area is 91.3 Å². The molecule has 0 aliphatic carbocycles. The first-order valence-corrected chi connectivity index (χ1v) is 5.98. The number of imidazole rings is 1. The minimum absolute atomic E-state index is 0.763. The van der Waals surface area contributed by atoms with Crippen molar-refractivity contribution < 1.29 is 0 Å². The molecule has 0 aromatic carbocycles. The van der Waals surface area contributed by atoms with Crippen LogP contribution in [0.3, 0.4) is 0 Å². The lowest BCUT2D eigenvalue weighted by Crippen LogP contribution is -2.03. The fourth-order valence-electron chi connectivity index (χ4n) is 1.48. The van der Waals surface area contributed by atoms with E-state index in [4.69, 9.17) is 11.6 Å². The SMILES string of the molecule is CCCCc1nccn1CCCCCl. The van der Waals surface area contributed by atoms with Crippen LogP contribution in [0.5, 0.6) is 0 Å². The van der Waals surface area contributed by atoms with E-state index in [9.17, 15) is 0 Å². The summed E-state index contributed by atoms with van der Waals surface area (Å²) < 4.78 is 2.25. The van der Waals surface area contributed by atoms with Crippen molar-refractivity contribution in [3.63, 3.8) is 0 Å². The Hall–Kier alpha value is -0.500. The highest BCUT2D eigenvalue weighted by molar-refractivity contribution is 6.17. The molecule has 0 amide bonds. The lowest BCUT2D eigenvalue weighted by atomic mass is 10.2. The van der Waals surface area contributed by atoms with E-state index in [-0.39, 0.29) is 0 Å². The number of hydrogen-bond acceptors (Lipinski definition) is 1. The molecular weight excluding hydrogens is 196 g/mol. The third-order valence-corrected chi connectivity index (χ3v) is 2.61. The summed E-state index contributed by atoms with van der Waals surface area (Å²) in [5, 5.41) is 0. The van der Waals surface area contributed by atoms with Gasteiger partial charge >= 0.3 is 0 Å². The quantitative estimate of drug-likeness (QED) is 0.503. The summed E-state index contributed by atoms with van der Waals surface area (Å²) in [5.41, 5.74) is 0. The van der Waals surface area contributed by atoms with Crippen LogP contribution in [0, 0.1) is 0 Å². The second-order valence-corrected chi connectivity index (χ2v) is 3.91. The average molecular weight is 215 g/mol. The molecule has 1 aromatic rings. The highest BCUT2D eigenvalue weighted by Gasteiger charge is 2.00. The molecule has 0 radical (unpaired) electrons. The predicted octanol–water partition coefficient (Wildman–Crippen LogP) is 3.24. The third-order valence-electron chi connectivity index (χ3n) is 2.34. The molecule has 0 atom stereocenters. The van der Waals surface area contributed by atoms with Crippen molar-refractivity contribution in [2.45, 2.75) is 45.6 Å². The van der Waals surface area contributed by atoms with Gasteiger partial charge in [-0.25, -0.2) is 4.98 Å². The standard InChI is InChI=1S/C11H19ClN2/c1-2-3-6-11-13-8-10-14(11)9-5-4-7-12/h8,10H,2-7,9H2,1H3. The molecule has 0 spiro atoms. The van der Waals surface area contributed by atoms with Gasteiger partial charge in [-0.3, -0.25) is 0 Å². The van der Waals surface area contributed by atoms with E-state index in [0.717, 1.165) is 31.7 Å². The van der Waals surface area contributed by atoms with Gasteiger partial charge in [0.15, 0.2) is 0 Å². The molecule has 0 bridgehead atoms. The number of aromatic nitrogens is 2. The van der Waals surface area contributed by atoms with E-state index in [2.05, 4.69) is 22.7 Å². The Morgan fingerprint density at radius 3 is 2.93 bits per heavy atom. The van der Waals surface area contributed by atoms with Crippen LogP contribution >= 0.6 is 11.6 Å². The number of aryl methyl sites for hydroxylation is 2. The molecule has 80 valence electrons. The van der Waals surface area contributed by atoms with Crippen molar-refractivity contribution in [2.24, 2.45) is 0 Å². The van der Waals surface area contributed by atoms with Gasteiger partial charge in [-0.05, 0) is 19.3 Å². The Morgan fingerprint density at radius 2 is 2.21 bits per heavy atom. The van der Waals surface area contributed by atoms with Crippen molar-refractivity contribution in [1.82, 2.24) is 9.55 Å². The minimum Gasteiger partial charge on any atom is -0.335 e.